The Balaban J connectivity index is 2.05. The standard InChI is InChI=1S/C20H22BrN3O/c1-4-17-19(24-13-16(21)10-11-18(24)22-17)20(25)23(14(2)3)12-15-8-6-5-7-9-15/h5-11,13-14H,4,12H2,1-3H3. The third-order valence-electron chi connectivity index (χ3n) is 4.27. The first-order valence-electron chi connectivity index (χ1n) is 8.52. The molecule has 1 amide bonds. The van der Waals surface area contributed by atoms with Gasteiger partial charge in [0.2, 0.25) is 0 Å². The monoisotopic (exact) mass is 399 g/mol. The fraction of sp³-hybridized carbons (Fsp3) is 0.300. The molecule has 0 saturated carbocycles. The van der Waals surface area contributed by atoms with Crippen molar-refractivity contribution in [3.63, 3.8) is 0 Å². The summed E-state index contributed by atoms with van der Waals surface area (Å²) in [6, 6.07) is 14.1. The molecule has 1 aromatic carbocycles. The summed E-state index contributed by atoms with van der Waals surface area (Å²) in [6.07, 6.45) is 2.63. The summed E-state index contributed by atoms with van der Waals surface area (Å²) in [6.45, 7) is 6.71. The first-order chi connectivity index (χ1) is 12.0. The normalized spacial score (nSPS) is 11.2. The minimum absolute atomic E-state index is 0.0151. The van der Waals surface area contributed by atoms with Crippen LogP contribution in [0.15, 0.2) is 53.1 Å². The molecule has 2 heterocycles. The zero-order valence-electron chi connectivity index (χ0n) is 14.7. The van der Waals surface area contributed by atoms with Gasteiger partial charge in [-0.2, -0.15) is 0 Å². The van der Waals surface area contributed by atoms with Gasteiger partial charge in [-0.25, -0.2) is 4.98 Å². The van der Waals surface area contributed by atoms with Crippen LogP contribution in [0.4, 0.5) is 0 Å². The van der Waals surface area contributed by atoms with Crippen LogP contribution >= 0.6 is 15.9 Å². The Bertz CT molecular complexity index is 887. The molecular weight excluding hydrogens is 378 g/mol. The molecule has 0 bridgehead atoms. The van der Waals surface area contributed by atoms with E-state index >= 15 is 0 Å². The van der Waals surface area contributed by atoms with Crippen molar-refractivity contribution in [3.05, 3.63) is 70.1 Å². The molecule has 3 aromatic rings. The molecule has 0 N–H and O–H groups in total. The van der Waals surface area contributed by atoms with Crippen molar-refractivity contribution < 1.29 is 4.79 Å². The van der Waals surface area contributed by atoms with Crippen molar-refractivity contribution in [2.75, 3.05) is 0 Å². The van der Waals surface area contributed by atoms with E-state index in [1.54, 1.807) is 0 Å². The van der Waals surface area contributed by atoms with Crippen molar-refractivity contribution >= 4 is 27.5 Å². The molecule has 3 rings (SSSR count). The molecule has 0 atom stereocenters. The molecule has 0 saturated heterocycles. The van der Waals surface area contributed by atoms with Gasteiger partial charge in [-0.15, -0.1) is 0 Å². The molecule has 5 heteroatoms. The van der Waals surface area contributed by atoms with Gasteiger partial charge in [-0.1, -0.05) is 37.3 Å². The maximum Gasteiger partial charge on any atom is 0.273 e. The van der Waals surface area contributed by atoms with Crippen molar-refractivity contribution in [1.82, 2.24) is 14.3 Å². The second-order valence-electron chi connectivity index (χ2n) is 6.35. The number of pyridine rings is 1. The van der Waals surface area contributed by atoms with Crippen LogP contribution in [-0.4, -0.2) is 26.2 Å². The summed E-state index contributed by atoms with van der Waals surface area (Å²) in [5.41, 5.74) is 3.41. The Morgan fingerprint density at radius 3 is 2.56 bits per heavy atom. The molecule has 0 aliphatic rings. The molecule has 0 radical (unpaired) electrons. The van der Waals surface area contributed by atoms with E-state index in [0.29, 0.717) is 12.2 Å². The second-order valence-corrected chi connectivity index (χ2v) is 7.26. The van der Waals surface area contributed by atoms with Gasteiger partial charge in [0.05, 0.1) is 5.69 Å². The third-order valence-corrected chi connectivity index (χ3v) is 4.74. The highest BCUT2D eigenvalue weighted by Crippen LogP contribution is 2.21. The highest BCUT2D eigenvalue weighted by Gasteiger charge is 2.25. The summed E-state index contributed by atoms with van der Waals surface area (Å²) in [4.78, 5) is 19.9. The van der Waals surface area contributed by atoms with Gasteiger partial charge in [0.25, 0.3) is 5.91 Å². The van der Waals surface area contributed by atoms with Gasteiger partial charge in [-0.05, 0) is 53.9 Å². The number of carbonyl (C=O) groups excluding carboxylic acids is 1. The number of carbonyl (C=O) groups is 1. The van der Waals surface area contributed by atoms with Gasteiger partial charge < -0.3 is 4.90 Å². The third kappa shape index (κ3) is 3.61. The topological polar surface area (TPSA) is 37.6 Å². The number of fused-ring (bicyclic) bond motifs is 1. The molecular formula is C20H22BrN3O. The minimum Gasteiger partial charge on any atom is -0.331 e. The number of nitrogens with zero attached hydrogens (tertiary/aromatic N) is 3. The molecule has 0 aliphatic heterocycles. The van der Waals surface area contributed by atoms with E-state index in [2.05, 4.69) is 33.0 Å². The number of imidazole rings is 1. The van der Waals surface area contributed by atoms with E-state index in [1.807, 2.05) is 66.6 Å². The van der Waals surface area contributed by atoms with Crippen LogP contribution in [0.1, 0.15) is 42.5 Å². The summed E-state index contributed by atoms with van der Waals surface area (Å²) in [7, 11) is 0. The lowest BCUT2D eigenvalue weighted by atomic mass is 10.1. The number of halogens is 1. The molecule has 4 nitrogen and oxygen atoms in total. The first-order valence-corrected chi connectivity index (χ1v) is 9.32. The highest BCUT2D eigenvalue weighted by atomic mass is 79.9. The predicted molar refractivity (Wildman–Crippen MR) is 104 cm³/mol. The minimum atomic E-state index is 0.0151. The zero-order valence-corrected chi connectivity index (χ0v) is 16.3. The van der Waals surface area contributed by atoms with Crippen molar-refractivity contribution in [3.8, 4) is 0 Å². The lowest BCUT2D eigenvalue weighted by Crippen LogP contribution is -2.37. The van der Waals surface area contributed by atoms with E-state index in [4.69, 9.17) is 0 Å². The van der Waals surface area contributed by atoms with Gasteiger partial charge >= 0.3 is 0 Å². The highest BCUT2D eigenvalue weighted by molar-refractivity contribution is 9.10. The average molecular weight is 400 g/mol. The van der Waals surface area contributed by atoms with Crippen LogP contribution in [0.2, 0.25) is 0 Å². The number of aryl methyl sites for hydroxylation is 1. The lowest BCUT2D eigenvalue weighted by Gasteiger charge is -2.27. The van der Waals surface area contributed by atoms with Gasteiger partial charge in [-0.3, -0.25) is 9.20 Å². The number of hydrogen-bond donors (Lipinski definition) is 0. The van der Waals surface area contributed by atoms with Crippen molar-refractivity contribution in [1.29, 1.82) is 0 Å². The number of hydrogen-bond acceptors (Lipinski definition) is 2. The molecule has 25 heavy (non-hydrogen) atoms. The second kappa shape index (κ2) is 7.40. The van der Waals surface area contributed by atoms with Crippen LogP contribution in [0.25, 0.3) is 5.65 Å². The molecule has 0 aliphatic carbocycles. The van der Waals surface area contributed by atoms with Crippen LogP contribution in [0.3, 0.4) is 0 Å². The van der Waals surface area contributed by atoms with Crippen LogP contribution in [-0.2, 0) is 13.0 Å². The lowest BCUT2D eigenvalue weighted by molar-refractivity contribution is 0.0682. The van der Waals surface area contributed by atoms with Crippen molar-refractivity contribution in [2.24, 2.45) is 0 Å². The van der Waals surface area contributed by atoms with Gasteiger partial charge in [0, 0.05) is 23.3 Å². The smallest absolute Gasteiger partial charge is 0.273 e. The fourth-order valence-corrected chi connectivity index (χ4v) is 3.28. The van der Waals surface area contributed by atoms with E-state index in [9.17, 15) is 4.79 Å². The Kier molecular flexibility index (Phi) is 5.23. The molecule has 130 valence electrons. The Hall–Kier alpha value is -2.14. The van der Waals surface area contributed by atoms with Crippen molar-refractivity contribution in [2.45, 2.75) is 39.8 Å². The molecule has 2 aromatic heterocycles. The summed E-state index contributed by atoms with van der Waals surface area (Å²) in [5, 5.41) is 0. The molecule has 0 fully saturated rings. The Morgan fingerprint density at radius 2 is 1.92 bits per heavy atom. The SMILES string of the molecule is CCc1nc2ccc(Br)cn2c1C(=O)N(Cc1ccccc1)C(C)C. The number of amides is 1. The number of aromatic nitrogens is 2. The number of benzene rings is 1. The van der Waals surface area contributed by atoms with Crippen LogP contribution in [0, 0.1) is 0 Å². The first kappa shape index (κ1) is 17.7. The maximum absolute atomic E-state index is 13.4. The Morgan fingerprint density at radius 1 is 1.20 bits per heavy atom. The summed E-state index contributed by atoms with van der Waals surface area (Å²) >= 11 is 3.49. The average Bonchev–Trinajstić information content (AvgIpc) is 2.97. The quantitative estimate of drug-likeness (QED) is 0.622. The molecule has 0 unspecified atom stereocenters. The summed E-state index contributed by atoms with van der Waals surface area (Å²) < 4.78 is 2.82. The van der Waals surface area contributed by atoms with Gasteiger partial charge in [0.1, 0.15) is 11.3 Å². The summed E-state index contributed by atoms with van der Waals surface area (Å²) in [5.74, 6) is 0.0151. The predicted octanol–water partition coefficient (Wildman–Crippen LogP) is 4.71. The fourth-order valence-electron chi connectivity index (χ4n) is 2.95. The van der Waals surface area contributed by atoms with E-state index in [1.165, 1.54) is 0 Å². The van der Waals surface area contributed by atoms with Crippen LogP contribution in [0.5, 0.6) is 0 Å². The maximum atomic E-state index is 13.4. The van der Waals surface area contributed by atoms with E-state index < -0.39 is 0 Å². The molecule has 0 spiro atoms. The largest absolute Gasteiger partial charge is 0.331 e. The zero-order chi connectivity index (χ0) is 18.0. The van der Waals surface area contributed by atoms with Gasteiger partial charge in [0.15, 0.2) is 0 Å². The van der Waals surface area contributed by atoms with Crippen LogP contribution < -0.4 is 0 Å². The van der Waals surface area contributed by atoms with E-state index in [0.717, 1.165) is 27.8 Å². The number of rotatable bonds is 5. The van der Waals surface area contributed by atoms with E-state index in [-0.39, 0.29) is 11.9 Å². The Labute approximate surface area is 156 Å².